The van der Waals surface area contributed by atoms with E-state index in [1.54, 1.807) is 0 Å². The third-order valence-electron chi connectivity index (χ3n) is 16.3. The number of fused-ring (bicyclic) bond motifs is 1. The van der Waals surface area contributed by atoms with Crippen molar-refractivity contribution in [1.82, 2.24) is 0 Å². The third kappa shape index (κ3) is 10.5. The molecule has 5 aliphatic heterocycles. The molecule has 5 fully saturated rings. The smallest absolute Gasteiger partial charge is 0.201 e. The average Bonchev–Trinajstić information content (AvgIpc) is 3.61. The number of rotatable bonds is 18. The maximum Gasteiger partial charge on any atom is 0.201 e. The summed E-state index contributed by atoms with van der Waals surface area (Å²) in [4.78, 5) is 0. The van der Waals surface area contributed by atoms with E-state index in [4.69, 9.17) is 43.9 Å². The molecule has 354 valence electrons. The second kappa shape index (κ2) is 20.9. The maximum atomic E-state index is 7.99. The maximum absolute atomic E-state index is 7.99. The van der Waals surface area contributed by atoms with Gasteiger partial charge in [-0.1, -0.05) is 134 Å². The Morgan fingerprint density at radius 3 is 1.92 bits per heavy atom. The first-order chi connectivity index (χ1) is 29.3. The first kappa shape index (κ1) is 50.5. The van der Waals surface area contributed by atoms with Gasteiger partial charge in [0.2, 0.25) is 16.6 Å². The van der Waals surface area contributed by atoms with Crippen molar-refractivity contribution in [2.45, 2.75) is 255 Å². The molecule has 0 aliphatic carbocycles. The number of hydrogen-bond donors (Lipinski definition) is 0. The van der Waals surface area contributed by atoms with Crippen LogP contribution in [0.3, 0.4) is 0 Å². The zero-order valence-corrected chi connectivity index (χ0v) is 43.7. The lowest BCUT2D eigenvalue weighted by atomic mass is 9.79. The summed E-state index contributed by atoms with van der Waals surface area (Å²) >= 11 is 0. The molecule has 0 saturated carbocycles. The Kier molecular flexibility index (Phi) is 17.0. The van der Waals surface area contributed by atoms with Crippen molar-refractivity contribution in [1.29, 1.82) is 0 Å². The van der Waals surface area contributed by atoms with Gasteiger partial charge >= 0.3 is 0 Å². The predicted molar refractivity (Wildman–Crippen MR) is 256 cm³/mol. The van der Waals surface area contributed by atoms with Gasteiger partial charge in [-0.25, -0.2) is 0 Å². The summed E-state index contributed by atoms with van der Waals surface area (Å²) in [5, 5.41) is 0. The van der Waals surface area contributed by atoms with E-state index < -0.39 is 28.2 Å². The van der Waals surface area contributed by atoms with Gasteiger partial charge in [-0.05, 0) is 94.7 Å². The minimum atomic E-state index is -2.43. The van der Waals surface area contributed by atoms with Crippen LogP contribution in [0.15, 0.2) is 42.5 Å². The molecule has 5 aliphatic rings. The van der Waals surface area contributed by atoms with Crippen molar-refractivity contribution in [2.75, 3.05) is 13.2 Å². The Morgan fingerprint density at radius 1 is 0.710 bits per heavy atom. The van der Waals surface area contributed by atoms with E-state index in [2.05, 4.69) is 121 Å². The van der Waals surface area contributed by atoms with Gasteiger partial charge in [-0.2, -0.15) is 0 Å². The zero-order valence-electron chi connectivity index (χ0n) is 41.7. The molecule has 0 unspecified atom stereocenters. The molecule has 8 nitrogen and oxygen atoms in total. The molecule has 0 amide bonds. The molecule has 5 saturated heterocycles. The van der Waals surface area contributed by atoms with Crippen LogP contribution < -0.4 is 0 Å². The van der Waals surface area contributed by atoms with E-state index in [9.17, 15) is 0 Å². The molecule has 0 aromatic heterocycles. The van der Waals surface area contributed by atoms with Crippen LogP contribution in [-0.2, 0) is 43.9 Å². The summed E-state index contributed by atoms with van der Waals surface area (Å²) in [6, 6.07) is 10.4. The van der Waals surface area contributed by atoms with Gasteiger partial charge in [0.1, 0.15) is 12.2 Å². The summed E-state index contributed by atoms with van der Waals surface area (Å²) < 4.78 is 57.5. The van der Waals surface area contributed by atoms with E-state index in [-0.39, 0.29) is 48.6 Å². The molecule has 0 N–H and O–H groups in total. The average molecular weight is 899 g/mol. The van der Waals surface area contributed by atoms with Crippen molar-refractivity contribution in [3.8, 4) is 0 Å². The Hall–Kier alpha value is -0.926. The topological polar surface area (TPSA) is 73.8 Å². The largest absolute Gasteiger partial charge is 0.410 e. The first-order valence-electron chi connectivity index (χ1n) is 25.3. The Morgan fingerprint density at radius 2 is 1.32 bits per heavy atom. The first-order valence-corrected chi connectivity index (χ1v) is 29.6. The molecule has 0 radical (unpaired) electrons. The van der Waals surface area contributed by atoms with Crippen LogP contribution in [0.1, 0.15) is 167 Å². The predicted octanol–water partition coefficient (Wildman–Crippen LogP) is 13.4. The molecular formula is C52H90O8Si2. The minimum Gasteiger partial charge on any atom is -0.410 e. The minimum absolute atomic E-state index is 0.0199. The monoisotopic (exact) mass is 899 g/mol. The van der Waals surface area contributed by atoms with Gasteiger partial charge in [-0.15, -0.1) is 0 Å². The normalized spacial score (nSPS) is 33.5. The number of benzene rings is 1. The van der Waals surface area contributed by atoms with E-state index in [0.717, 1.165) is 76.4 Å². The van der Waals surface area contributed by atoms with Gasteiger partial charge in [-0.3, -0.25) is 0 Å². The van der Waals surface area contributed by atoms with Crippen LogP contribution in [0.2, 0.25) is 33.2 Å². The van der Waals surface area contributed by atoms with Crippen LogP contribution in [0.5, 0.6) is 0 Å². The van der Waals surface area contributed by atoms with Gasteiger partial charge in [0, 0.05) is 25.7 Å². The quantitative estimate of drug-likeness (QED) is 0.107. The highest BCUT2D eigenvalue weighted by molar-refractivity contribution is 6.78. The molecule has 62 heavy (non-hydrogen) atoms. The van der Waals surface area contributed by atoms with Crippen molar-refractivity contribution in [3.63, 3.8) is 0 Å². The van der Waals surface area contributed by atoms with Crippen LogP contribution in [0, 0.1) is 11.8 Å². The van der Waals surface area contributed by atoms with Gasteiger partial charge in [0.15, 0.2) is 11.6 Å². The molecule has 1 aromatic rings. The van der Waals surface area contributed by atoms with E-state index in [0.29, 0.717) is 52.4 Å². The summed E-state index contributed by atoms with van der Waals surface area (Å²) in [5.41, 5.74) is 4.61. The molecule has 5 heterocycles. The SMILES string of the molecule is C=C1[C@@H](O[Si](C(C)C)(C(C)C)C(C)C)[C@@H]2O[C@@]3(CC[C@@H](COCc4ccccc4)O3)CC[C@H]2O[C@@H]1[C@H](C[C@H](C)[C@H]1O[C@@]2(CCCCO2)CC[C@H]1C)O[Si](C(C)C)(C(C)C)C(C)C. The molecule has 1 aromatic carbocycles. The van der Waals surface area contributed by atoms with Crippen molar-refractivity contribution in [2.24, 2.45) is 11.8 Å². The zero-order chi connectivity index (χ0) is 45.2. The lowest BCUT2D eigenvalue weighted by molar-refractivity contribution is -0.322. The second-order valence-corrected chi connectivity index (χ2v) is 33.2. The van der Waals surface area contributed by atoms with Gasteiger partial charge in [0.05, 0.1) is 50.3 Å². The summed E-state index contributed by atoms with van der Waals surface area (Å²) in [5.74, 6) is -0.495. The van der Waals surface area contributed by atoms with Crippen molar-refractivity contribution < 1.29 is 37.3 Å². The lowest BCUT2D eigenvalue weighted by Crippen LogP contribution is -2.65. The Balaban J connectivity index is 1.33. The summed E-state index contributed by atoms with van der Waals surface area (Å²) in [6.45, 7) is 40.3. The fraction of sp³-hybridized carbons (Fsp3) is 0.846. The van der Waals surface area contributed by atoms with Crippen LogP contribution in [-0.4, -0.2) is 84.2 Å². The van der Waals surface area contributed by atoms with Crippen molar-refractivity contribution in [3.05, 3.63) is 48.0 Å². The van der Waals surface area contributed by atoms with E-state index in [1.807, 2.05) is 6.07 Å². The van der Waals surface area contributed by atoms with Crippen LogP contribution in [0.4, 0.5) is 0 Å². The van der Waals surface area contributed by atoms with E-state index >= 15 is 0 Å². The van der Waals surface area contributed by atoms with Crippen molar-refractivity contribution >= 4 is 16.6 Å². The highest BCUT2D eigenvalue weighted by Crippen LogP contribution is 2.52. The molecule has 6 rings (SSSR count). The molecule has 11 atom stereocenters. The summed E-state index contributed by atoms with van der Waals surface area (Å²) in [6.07, 6.45) is 8.17. The molecule has 10 heteroatoms. The highest BCUT2D eigenvalue weighted by Gasteiger charge is 2.59. The Labute approximate surface area is 380 Å². The Bertz CT molecular complexity index is 1520. The van der Waals surface area contributed by atoms with E-state index in [1.165, 1.54) is 5.56 Å². The third-order valence-corrected chi connectivity index (χ3v) is 28.5. The van der Waals surface area contributed by atoms with Gasteiger partial charge < -0.3 is 37.3 Å². The fourth-order valence-electron chi connectivity index (χ4n) is 13.4. The summed E-state index contributed by atoms with van der Waals surface area (Å²) in [7, 11) is -4.82. The number of ether oxygens (including phenoxy) is 6. The van der Waals surface area contributed by atoms with Gasteiger partial charge in [0.25, 0.3) is 0 Å². The van der Waals surface area contributed by atoms with Crippen LogP contribution in [0.25, 0.3) is 0 Å². The molecule has 2 spiro atoms. The van der Waals surface area contributed by atoms with Crippen LogP contribution >= 0.6 is 0 Å². The fourth-order valence-corrected chi connectivity index (χ4v) is 24.5. The highest BCUT2D eigenvalue weighted by atomic mass is 28.4. The molecule has 0 bridgehead atoms. The number of hydrogen-bond acceptors (Lipinski definition) is 8. The lowest BCUT2D eigenvalue weighted by Gasteiger charge is -2.56. The second-order valence-electron chi connectivity index (χ2n) is 22.3. The standard InChI is InChI=1S/C52H90O8Si2/c1-34(2)61(35(3)4,36(5)6)59-46(31-41(14)47-40(13)23-27-51(57-47)26-19-20-30-54-51)48-42(15)49(60-62(37(7)8,38(9)10)39(11)12)50-45(55-48)25-29-52(58-50)28-24-44(56-52)33-53-32-43-21-17-16-18-22-43/h16-18,21-22,34-41,44-50H,15,19-20,23-33H2,1-14H3/t40-,41+,44+,45-,46+,47+,48+,49-,50-,51+,52+/m1/s1. The molecular weight excluding hydrogens is 809 g/mol.